The number of ether oxygens (including phenoxy) is 1. The second-order valence-corrected chi connectivity index (χ2v) is 3.50. The lowest BCUT2D eigenvalue weighted by molar-refractivity contribution is -0.153. The molecule has 0 radical (unpaired) electrons. The molecule has 0 spiro atoms. The molecular weight excluding hydrogens is 168 g/mol. The van der Waals surface area contributed by atoms with Crippen LogP contribution in [0.15, 0.2) is 0 Å². The molecule has 0 heterocycles. The zero-order valence-electron chi connectivity index (χ0n) is 8.79. The molecular formula is C10H18O3. The maximum absolute atomic E-state index is 11.3. The summed E-state index contributed by atoms with van der Waals surface area (Å²) in [6, 6.07) is 0. The minimum Gasteiger partial charge on any atom is -0.463 e. The summed E-state index contributed by atoms with van der Waals surface area (Å²) in [5.74, 6) is -0.486. The molecule has 0 bridgehead atoms. The Morgan fingerprint density at radius 3 is 2.15 bits per heavy atom. The number of hydrogen-bond acceptors (Lipinski definition) is 3. The van der Waals surface area contributed by atoms with E-state index in [1.54, 1.807) is 13.8 Å². The van der Waals surface area contributed by atoms with Crippen molar-refractivity contribution in [2.75, 3.05) is 0 Å². The summed E-state index contributed by atoms with van der Waals surface area (Å²) in [5, 5.41) is 0. The standard InChI is InChI=1S/C10H18O3/c1-5-9(6-8(4)11)10(12)13-7(2)3/h7,9H,5-6H2,1-4H3. The largest absolute Gasteiger partial charge is 0.463 e. The van der Waals surface area contributed by atoms with Gasteiger partial charge in [-0.15, -0.1) is 0 Å². The van der Waals surface area contributed by atoms with Crippen molar-refractivity contribution in [3.05, 3.63) is 0 Å². The van der Waals surface area contributed by atoms with E-state index in [-0.39, 0.29) is 23.8 Å². The summed E-state index contributed by atoms with van der Waals surface area (Å²) in [6.45, 7) is 6.98. The Morgan fingerprint density at radius 1 is 1.31 bits per heavy atom. The zero-order chi connectivity index (χ0) is 10.4. The van der Waals surface area contributed by atoms with E-state index in [2.05, 4.69) is 0 Å². The molecule has 3 nitrogen and oxygen atoms in total. The minimum absolute atomic E-state index is 0.0348. The predicted octanol–water partition coefficient (Wildman–Crippen LogP) is 1.94. The van der Waals surface area contributed by atoms with Crippen LogP contribution >= 0.6 is 0 Å². The van der Waals surface area contributed by atoms with E-state index in [0.29, 0.717) is 12.8 Å². The van der Waals surface area contributed by atoms with Crippen molar-refractivity contribution in [1.29, 1.82) is 0 Å². The molecule has 3 heteroatoms. The van der Waals surface area contributed by atoms with Crippen molar-refractivity contribution in [3.8, 4) is 0 Å². The zero-order valence-corrected chi connectivity index (χ0v) is 8.79. The minimum atomic E-state index is -0.264. The molecule has 76 valence electrons. The third kappa shape index (κ3) is 5.39. The first-order valence-electron chi connectivity index (χ1n) is 4.67. The summed E-state index contributed by atoms with van der Waals surface area (Å²) < 4.78 is 5.01. The van der Waals surface area contributed by atoms with Crippen LogP contribution in [-0.4, -0.2) is 17.9 Å². The fraction of sp³-hybridized carbons (Fsp3) is 0.800. The van der Waals surface area contributed by atoms with Gasteiger partial charge in [-0.05, 0) is 27.2 Å². The average molecular weight is 186 g/mol. The highest BCUT2D eigenvalue weighted by atomic mass is 16.5. The highest BCUT2D eigenvalue weighted by Crippen LogP contribution is 2.12. The molecule has 1 unspecified atom stereocenters. The molecule has 0 aromatic heterocycles. The van der Waals surface area contributed by atoms with Crippen LogP contribution in [0.1, 0.15) is 40.5 Å². The predicted molar refractivity (Wildman–Crippen MR) is 50.3 cm³/mol. The average Bonchev–Trinajstić information content (AvgIpc) is 1.98. The quantitative estimate of drug-likeness (QED) is 0.616. The summed E-state index contributed by atoms with van der Waals surface area (Å²) >= 11 is 0. The van der Waals surface area contributed by atoms with Crippen LogP contribution in [0, 0.1) is 5.92 Å². The number of carbonyl (C=O) groups is 2. The van der Waals surface area contributed by atoms with Gasteiger partial charge in [0.05, 0.1) is 12.0 Å². The van der Waals surface area contributed by atoms with E-state index in [1.807, 2.05) is 6.92 Å². The lowest BCUT2D eigenvalue weighted by Gasteiger charge is -2.14. The van der Waals surface area contributed by atoms with E-state index < -0.39 is 0 Å². The highest BCUT2D eigenvalue weighted by molar-refractivity contribution is 5.82. The van der Waals surface area contributed by atoms with Crippen LogP contribution in [0.4, 0.5) is 0 Å². The van der Waals surface area contributed by atoms with E-state index in [1.165, 1.54) is 6.92 Å². The number of Topliss-reactive ketones (excluding diaryl/α,β-unsaturated/α-hetero) is 1. The second-order valence-electron chi connectivity index (χ2n) is 3.50. The first-order chi connectivity index (χ1) is 5.97. The summed E-state index contributed by atoms with van der Waals surface area (Å²) in [4.78, 5) is 22.1. The third-order valence-electron chi connectivity index (χ3n) is 1.71. The van der Waals surface area contributed by atoms with Gasteiger partial charge >= 0.3 is 5.97 Å². The van der Waals surface area contributed by atoms with Gasteiger partial charge in [0.1, 0.15) is 5.78 Å². The molecule has 0 amide bonds. The van der Waals surface area contributed by atoms with E-state index in [9.17, 15) is 9.59 Å². The first kappa shape index (κ1) is 12.1. The van der Waals surface area contributed by atoms with Crippen molar-refractivity contribution < 1.29 is 14.3 Å². The molecule has 0 aliphatic rings. The Balaban J connectivity index is 4.07. The van der Waals surface area contributed by atoms with Crippen LogP contribution in [0.25, 0.3) is 0 Å². The Morgan fingerprint density at radius 2 is 1.85 bits per heavy atom. The van der Waals surface area contributed by atoms with Gasteiger partial charge in [-0.25, -0.2) is 0 Å². The summed E-state index contributed by atoms with van der Waals surface area (Å²) in [5.41, 5.74) is 0. The van der Waals surface area contributed by atoms with Crippen LogP contribution in [-0.2, 0) is 14.3 Å². The lowest BCUT2D eigenvalue weighted by Crippen LogP contribution is -2.22. The number of esters is 1. The van der Waals surface area contributed by atoms with Crippen molar-refractivity contribution in [2.45, 2.75) is 46.6 Å². The maximum atomic E-state index is 11.3. The van der Waals surface area contributed by atoms with Gasteiger partial charge in [-0.1, -0.05) is 6.92 Å². The smallest absolute Gasteiger partial charge is 0.309 e. The van der Waals surface area contributed by atoms with Gasteiger partial charge in [0, 0.05) is 6.42 Å². The van der Waals surface area contributed by atoms with E-state index in [0.717, 1.165) is 0 Å². The van der Waals surface area contributed by atoms with Crippen LogP contribution in [0.5, 0.6) is 0 Å². The number of ketones is 1. The molecule has 0 aliphatic heterocycles. The SMILES string of the molecule is CCC(CC(C)=O)C(=O)OC(C)C. The Kier molecular flexibility index (Phi) is 5.35. The van der Waals surface area contributed by atoms with Gasteiger partial charge in [-0.3, -0.25) is 4.79 Å². The second kappa shape index (κ2) is 5.73. The topological polar surface area (TPSA) is 43.4 Å². The van der Waals surface area contributed by atoms with Crippen LogP contribution in [0.2, 0.25) is 0 Å². The molecule has 0 fully saturated rings. The van der Waals surface area contributed by atoms with Crippen LogP contribution in [0.3, 0.4) is 0 Å². The van der Waals surface area contributed by atoms with Crippen molar-refractivity contribution in [1.82, 2.24) is 0 Å². The number of rotatable bonds is 5. The molecule has 0 N–H and O–H groups in total. The molecule has 0 aliphatic carbocycles. The van der Waals surface area contributed by atoms with Gasteiger partial charge in [0.15, 0.2) is 0 Å². The van der Waals surface area contributed by atoms with E-state index in [4.69, 9.17) is 4.74 Å². The molecule has 0 aromatic carbocycles. The summed E-state index contributed by atoms with van der Waals surface area (Å²) in [6.07, 6.45) is 0.848. The summed E-state index contributed by atoms with van der Waals surface area (Å²) in [7, 11) is 0. The first-order valence-corrected chi connectivity index (χ1v) is 4.67. The molecule has 0 saturated heterocycles. The maximum Gasteiger partial charge on any atom is 0.309 e. The molecule has 13 heavy (non-hydrogen) atoms. The number of hydrogen-bond donors (Lipinski definition) is 0. The molecule has 0 saturated carbocycles. The fourth-order valence-corrected chi connectivity index (χ4v) is 1.07. The van der Waals surface area contributed by atoms with Crippen molar-refractivity contribution in [2.24, 2.45) is 5.92 Å². The Hall–Kier alpha value is -0.860. The number of carbonyl (C=O) groups excluding carboxylic acids is 2. The normalized spacial score (nSPS) is 12.7. The molecule has 0 rings (SSSR count). The highest BCUT2D eigenvalue weighted by Gasteiger charge is 2.20. The molecule has 1 atom stereocenters. The Bertz CT molecular complexity index is 185. The van der Waals surface area contributed by atoms with Gasteiger partial charge < -0.3 is 9.53 Å². The van der Waals surface area contributed by atoms with Crippen molar-refractivity contribution in [3.63, 3.8) is 0 Å². The third-order valence-corrected chi connectivity index (χ3v) is 1.71. The van der Waals surface area contributed by atoms with Gasteiger partial charge in [-0.2, -0.15) is 0 Å². The van der Waals surface area contributed by atoms with E-state index >= 15 is 0 Å². The van der Waals surface area contributed by atoms with Crippen molar-refractivity contribution >= 4 is 11.8 Å². The Labute approximate surface area is 79.5 Å². The monoisotopic (exact) mass is 186 g/mol. The van der Waals surface area contributed by atoms with Gasteiger partial charge in [0.25, 0.3) is 0 Å². The fourth-order valence-electron chi connectivity index (χ4n) is 1.07. The molecule has 0 aromatic rings. The van der Waals surface area contributed by atoms with Gasteiger partial charge in [0.2, 0.25) is 0 Å². The van der Waals surface area contributed by atoms with Crippen LogP contribution < -0.4 is 0 Å². The lowest BCUT2D eigenvalue weighted by atomic mass is 10.0.